The third-order valence-corrected chi connectivity index (χ3v) is 5.63. The number of nitrogens with one attached hydrogen (secondary N) is 2. The van der Waals surface area contributed by atoms with E-state index in [-0.39, 0.29) is 17.3 Å². The van der Waals surface area contributed by atoms with Crippen LogP contribution in [-0.2, 0) is 16.4 Å². The van der Waals surface area contributed by atoms with E-state index in [0.29, 0.717) is 18.7 Å². The number of benzene rings is 2. The number of nitrogens with zero attached hydrogens (tertiary/aromatic N) is 1. The Labute approximate surface area is 158 Å². The van der Waals surface area contributed by atoms with E-state index in [1.54, 1.807) is 12.1 Å². The lowest BCUT2D eigenvalue weighted by molar-refractivity contribution is 0.252. The van der Waals surface area contributed by atoms with Crippen molar-refractivity contribution < 1.29 is 17.6 Å². The number of carbonyl (C=O) groups excluding carboxylic acids is 1. The second kappa shape index (κ2) is 9.29. The molecule has 2 rings (SSSR count). The molecule has 144 valence electrons. The van der Waals surface area contributed by atoms with Crippen LogP contribution in [0, 0.1) is 5.82 Å². The summed E-state index contributed by atoms with van der Waals surface area (Å²) in [7, 11) is -2.12. The molecule has 2 aromatic carbocycles. The predicted molar refractivity (Wildman–Crippen MR) is 104 cm³/mol. The summed E-state index contributed by atoms with van der Waals surface area (Å²) in [6.07, 6.45) is 2.00. The largest absolute Gasteiger partial charge is 0.338 e. The summed E-state index contributed by atoms with van der Waals surface area (Å²) < 4.78 is 38.9. The van der Waals surface area contributed by atoms with E-state index in [1.165, 1.54) is 53.8 Å². The molecule has 0 unspecified atom stereocenters. The Morgan fingerprint density at radius 2 is 1.93 bits per heavy atom. The van der Waals surface area contributed by atoms with Crippen LogP contribution >= 0.6 is 0 Å². The lowest BCUT2D eigenvalue weighted by Gasteiger charge is -2.15. The molecule has 2 amide bonds. The molecule has 0 aromatic heterocycles. The molecule has 2 N–H and O–H groups in total. The molecule has 0 atom stereocenters. The summed E-state index contributed by atoms with van der Waals surface area (Å²) in [6, 6.07) is 11.6. The van der Waals surface area contributed by atoms with Gasteiger partial charge in [-0.3, -0.25) is 0 Å². The molecule has 2 aromatic rings. The molecule has 0 aliphatic carbocycles. The maximum absolute atomic E-state index is 13.1. The second-order valence-corrected chi connectivity index (χ2v) is 7.90. The number of rotatable bonds is 8. The van der Waals surface area contributed by atoms with E-state index >= 15 is 0 Å². The van der Waals surface area contributed by atoms with Crippen molar-refractivity contribution in [3.05, 3.63) is 72.6 Å². The number of hydrogen-bond donors (Lipinski definition) is 2. The molecule has 0 heterocycles. The molecular formula is C19H22FN3O3S. The molecule has 27 heavy (non-hydrogen) atoms. The number of hydrogen-bond acceptors (Lipinski definition) is 3. The van der Waals surface area contributed by atoms with Crippen molar-refractivity contribution in [1.29, 1.82) is 0 Å². The third-order valence-electron chi connectivity index (χ3n) is 3.79. The first-order valence-electron chi connectivity index (χ1n) is 8.29. The quantitative estimate of drug-likeness (QED) is 0.679. The Balaban J connectivity index is 1.88. The van der Waals surface area contributed by atoms with Crippen molar-refractivity contribution in [2.75, 3.05) is 25.5 Å². The number of sulfonamides is 1. The van der Waals surface area contributed by atoms with E-state index in [4.69, 9.17) is 0 Å². The molecular weight excluding hydrogens is 369 g/mol. The molecule has 0 saturated carbocycles. The number of carbonyl (C=O) groups is 1. The molecule has 0 saturated heterocycles. The Bertz CT molecular complexity index is 899. The topological polar surface area (TPSA) is 78.5 Å². The van der Waals surface area contributed by atoms with Gasteiger partial charge in [0.25, 0.3) is 0 Å². The zero-order chi connectivity index (χ0) is 19.9. The average Bonchev–Trinajstić information content (AvgIpc) is 2.62. The summed E-state index contributed by atoms with van der Waals surface area (Å²) in [5.41, 5.74) is 1.25. The van der Waals surface area contributed by atoms with E-state index in [2.05, 4.69) is 17.2 Å². The number of amides is 2. The normalized spacial score (nSPS) is 11.2. The molecule has 6 nitrogen and oxygen atoms in total. The molecule has 0 fully saturated rings. The van der Waals surface area contributed by atoms with E-state index < -0.39 is 16.1 Å². The summed E-state index contributed by atoms with van der Waals surface area (Å²) in [5, 5.41) is 5.29. The van der Waals surface area contributed by atoms with Gasteiger partial charge in [-0.25, -0.2) is 17.6 Å². The predicted octanol–water partition coefficient (Wildman–Crippen LogP) is 3.00. The second-order valence-electron chi connectivity index (χ2n) is 5.86. The molecule has 0 radical (unpaired) electrons. The van der Waals surface area contributed by atoms with Gasteiger partial charge >= 0.3 is 6.03 Å². The standard InChI is InChI=1S/C19H22FN3O3S/c1-3-13-23(2)27(25,26)18-9-7-17(8-10-18)22-19(24)21-12-11-15-5-4-6-16(20)14-15/h3-10,14H,1,11-13H2,2H3,(H2,21,22,24). The van der Waals surface area contributed by atoms with Crippen molar-refractivity contribution >= 4 is 21.7 Å². The smallest absolute Gasteiger partial charge is 0.319 e. The lowest BCUT2D eigenvalue weighted by Crippen LogP contribution is -2.30. The molecule has 0 spiro atoms. The highest BCUT2D eigenvalue weighted by molar-refractivity contribution is 7.89. The van der Waals surface area contributed by atoms with Crippen LogP contribution in [0.25, 0.3) is 0 Å². The van der Waals surface area contributed by atoms with Crippen LogP contribution in [0.3, 0.4) is 0 Å². The minimum Gasteiger partial charge on any atom is -0.338 e. The van der Waals surface area contributed by atoms with Crippen LogP contribution in [0.4, 0.5) is 14.9 Å². The van der Waals surface area contributed by atoms with Gasteiger partial charge in [0.15, 0.2) is 0 Å². The number of urea groups is 1. The zero-order valence-electron chi connectivity index (χ0n) is 15.0. The summed E-state index contributed by atoms with van der Waals surface area (Å²) in [6.45, 7) is 4.07. The van der Waals surface area contributed by atoms with Gasteiger partial charge in [-0.2, -0.15) is 4.31 Å². The molecule has 0 aliphatic heterocycles. The van der Waals surface area contributed by atoms with Gasteiger partial charge in [0.2, 0.25) is 10.0 Å². The highest BCUT2D eigenvalue weighted by atomic mass is 32.2. The highest BCUT2D eigenvalue weighted by Gasteiger charge is 2.19. The SMILES string of the molecule is C=CCN(C)S(=O)(=O)c1ccc(NC(=O)NCCc2cccc(F)c2)cc1. The third kappa shape index (κ3) is 5.90. The van der Waals surface area contributed by atoms with Gasteiger partial charge in [0, 0.05) is 25.8 Å². The van der Waals surface area contributed by atoms with Crippen LogP contribution in [0.5, 0.6) is 0 Å². The monoisotopic (exact) mass is 391 g/mol. The summed E-state index contributed by atoms with van der Waals surface area (Å²) >= 11 is 0. The van der Waals surface area contributed by atoms with Gasteiger partial charge in [-0.15, -0.1) is 6.58 Å². The van der Waals surface area contributed by atoms with Crippen molar-refractivity contribution in [1.82, 2.24) is 9.62 Å². The fourth-order valence-corrected chi connectivity index (χ4v) is 3.50. The van der Waals surface area contributed by atoms with Crippen molar-refractivity contribution in [2.45, 2.75) is 11.3 Å². The fraction of sp³-hybridized carbons (Fsp3) is 0.211. The van der Waals surface area contributed by atoms with Gasteiger partial charge in [-0.1, -0.05) is 18.2 Å². The number of halogens is 1. The minimum atomic E-state index is -3.59. The first-order chi connectivity index (χ1) is 12.8. The molecule has 8 heteroatoms. The van der Waals surface area contributed by atoms with E-state index in [9.17, 15) is 17.6 Å². The average molecular weight is 391 g/mol. The minimum absolute atomic E-state index is 0.129. The fourth-order valence-electron chi connectivity index (χ4n) is 2.36. The maximum Gasteiger partial charge on any atom is 0.319 e. The van der Waals surface area contributed by atoms with Gasteiger partial charge in [0.1, 0.15) is 5.82 Å². The molecule has 0 bridgehead atoms. The van der Waals surface area contributed by atoms with E-state index in [0.717, 1.165) is 5.56 Å². The van der Waals surface area contributed by atoms with Crippen LogP contribution in [0.2, 0.25) is 0 Å². The Hall–Kier alpha value is -2.71. The zero-order valence-corrected chi connectivity index (χ0v) is 15.8. The van der Waals surface area contributed by atoms with E-state index in [1.807, 2.05) is 0 Å². The van der Waals surface area contributed by atoms with Crippen molar-refractivity contribution in [3.8, 4) is 0 Å². The Morgan fingerprint density at radius 1 is 1.22 bits per heavy atom. The summed E-state index contributed by atoms with van der Waals surface area (Å²) in [4.78, 5) is 12.0. The Kier molecular flexibility index (Phi) is 7.09. The van der Waals surface area contributed by atoms with Crippen LogP contribution in [0.15, 0.2) is 66.1 Å². The number of likely N-dealkylation sites (N-methyl/N-ethyl adjacent to an activating group) is 1. The first kappa shape index (κ1) is 20.6. The van der Waals surface area contributed by atoms with Crippen LogP contribution in [-0.4, -0.2) is 38.9 Å². The Morgan fingerprint density at radius 3 is 2.56 bits per heavy atom. The van der Waals surface area contributed by atoms with Gasteiger partial charge < -0.3 is 10.6 Å². The first-order valence-corrected chi connectivity index (χ1v) is 9.73. The van der Waals surface area contributed by atoms with Crippen LogP contribution in [0.1, 0.15) is 5.56 Å². The maximum atomic E-state index is 13.1. The van der Waals surface area contributed by atoms with Gasteiger partial charge in [0.05, 0.1) is 4.90 Å². The van der Waals surface area contributed by atoms with Crippen LogP contribution < -0.4 is 10.6 Å². The van der Waals surface area contributed by atoms with Crippen molar-refractivity contribution in [3.63, 3.8) is 0 Å². The summed E-state index contributed by atoms with van der Waals surface area (Å²) in [5.74, 6) is -0.314. The highest BCUT2D eigenvalue weighted by Crippen LogP contribution is 2.17. The lowest BCUT2D eigenvalue weighted by atomic mass is 10.1. The number of anilines is 1. The van der Waals surface area contributed by atoms with Gasteiger partial charge in [-0.05, 0) is 48.4 Å². The molecule has 0 aliphatic rings. The van der Waals surface area contributed by atoms with Crippen molar-refractivity contribution in [2.24, 2.45) is 0 Å².